The lowest BCUT2D eigenvalue weighted by molar-refractivity contribution is 0.0819. The summed E-state index contributed by atoms with van der Waals surface area (Å²) < 4.78 is 0. The van der Waals surface area contributed by atoms with Crippen LogP contribution in [0.3, 0.4) is 0 Å². The number of hydrogen-bond donors (Lipinski definition) is 1. The van der Waals surface area contributed by atoms with Crippen LogP contribution >= 0.6 is 0 Å². The highest BCUT2D eigenvalue weighted by atomic mass is 14.6. The molecule has 3 atom stereocenters. The Bertz CT molecular complexity index is 259. The van der Waals surface area contributed by atoms with E-state index < -0.39 is 0 Å². The fraction of sp³-hybridized carbons (Fsp3) is 1.00. The minimum absolute atomic E-state index is 0.490. The van der Waals surface area contributed by atoms with Crippen molar-refractivity contribution >= 4 is 0 Å². The lowest BCUT2D eigenvalue weighted by atomic mass is 9.63. The predicted molar refractivity (Wildman–Crippen MR) is 84.0 cm³/mol. The quantitative estimate of drug-likeness (QED) is 0.764. The highest BCUT2D eigenvalue weighted by molar-refractivity contribution is 4.87. The Morgan fingerprint density at radius 1 is 0.895 bits per heavy atom. The summed E-state index contributed by atoms with van der Waals surface area (Å²) in [6.07, 6.45) is 13.1. The highest BCUT2D eigenvalue weighted by Crippen LogP contribution is 2.45. The lowest BCUT2D eigenvalue weighted by Crippen LogP contribution is -2.36. The van der Waals surface area contributed by atoms with Crippen molar-refractivity contribution in [3.63, 3.8) is 0 Å². The van der Waals surface area contributed by atoms with Gasteiger partial charge in [0.25, 0.3) is 0 Å². The minimum atomic E-state index is 0.490. The van der Waals surface area contributed by atoms with Crippen LogP contribution in [0.2, 0.25) is 0 Å². The van der Waals surface area contributed by atoms with Gasteiger partial charge in [0.2, 0.25) is 0 Å². The molecule has 1 nitrogen and oxygen atoms in total. The van der Waals surface area contributed by atoms with Crippen LogP contribution in [-0.4, -0.2) is 6.54 Å². The summed E-state index contributed by atoms with van der Waals surface area (Å²) in [6.45, 7) is 8.21. The molecule has 2 rings (SSSR count). The molecule has 0 aromatic rings. The summed E-state index contributed by atoms with van der Waals surface area (Å²) in [5.41, 5.74) is 6.54. The van der Waals surface area contributed by atoms with E-state index in [4.69, 9.17) is 5.73 Å². The molecule has 0 radical (unpaired) electrons. The molecule has 0 aromatic heterocycles. The van der Waals surface area contributed by atoms with Crippen LogP contribution in [0.15, 0.2) is 0 Å². The first-order valence-corrected chi connectivity index (χ1v) is 8.70. The first-order valence-electron chi connectivity index (χ1n) is 8.70. The maximum atomic E-state index is 6.05. The third-order valence-electron chi connectivity index (χ3n) is 6.03. The zero-order valence-corrected chi connectivity index (χ0v) is 13.5. The highest BCUT2D eigenvalue weighted by Gasteiger charge is 2.36. The second-order valence-electron chi connectivity index (χ2n) is 8.37. The van der Waals surface area contributed by atoms with Crippen LogP contribution in [0.5, 0.6) is 0 Å². The largest absolute Gasteiger partial charge is 0.330 e. The van der Waals surface area contributed by atoms with Crippen molar-refractivity contribution in [3.05, 3.63) is 0 Å². The fourth-order valence-electron chi connectivity index (χ4n) is 4.56. The minimum Gasteiger partial charge on any atom is -0.330 e. The Labute approximate surface area is 120 Å². The summed E-state index contributed by atoms with van der Waals surface area (Å²) in [5.74, 6) is 3.68. The van der Waals surface area contributed by atoms with Gasteiger partial charge >= 0.3 is 0 Å². The maximum Gasteiger partial charge on any atom is -0.00462 e. The van der Waals surface area contributed by atoms with Crippen molar-refractivity contribution in [3.8, 4) is 0 Å². The van der Waals surface area contributed by atoms with Crippen molar-refractivity contribution in [1.82, 2.24) is 0 Å². The van der Waals surface area contributed by atoms with Gasteiger partial charge in [0.05, 0.1) is 0 Å². The molecule has 0 spiro atoms. The van der Waals surface area contributed by atoms with Crippen LogP contribution in [0.4, 0.5) is 0 Å². The van der Waals surface area contributed by atoms with E-state index in [1.54, 1.807) is 0 Å². The van der Waals surface area contributed by atoms with Gasteiger partial charge in [0.15, 0.2) is 0 Å². The van der Waals surface area contributed by atoms with Gasteiger partial charge in [0, 0.05) is 0 Å². The molecule has 0 saturated heterocycles. The second-order valence-corrected chi connectivity index (χ2v) is 8.37. The maximum absolute atomic E-state index is 6.05. The van der Waals surface area contributed by atoms with E-state index in [2.05, 4.69) is 20.8 Å². The van der Waals surface area contributed by atoms with E-state index in [9.17, 15) is 0 Å². The standard InChI is InChI=1S/C18H35N/c1-18(2,3)17-10-9-15(13-19)16(12-17)11-14-7-5-4-6-8-14/h14-17H,4-13,19H2,1-3H3. The number of rotatable bonds is 3. The molecule has 0 amide bonds. The molecule has 3 unspecified atom stereocenters. The third kappa shape index (κ3) is 4.21. The molecule has 2 aliphatic carbocycles. The van der Waals surface area contributed by atoms with Crippen LogP contribution in [0.1, 0.15) is 78.6 Å². The van der Waals surface area contributed by atoms with Gasteiger partial charge in [-0.05, 0) is 61.3 Å². The van der Waals surface area contributed by atoms with Gasteiger partial charge in [-0.1, -0.05) is 52.9 Å². The molecule has 19 heavy (non-hydrogen) atoms. The average molecular weight is 265 g/mol. The molecule has 2 aliphatic rings. The van der Waals surface area contributed by atoms with Gasteiger partial charge in [0.1, 0.15) is 0 Å². The Morgan fingerprint density at radius 3 is 2.16 bits per heavy atom. The molecule has 0 heterocycles. The zero-order valence-electron chi connectivity index (χ0n) is 13.5. The van der Waals surface area contributed by atoms with Gasteiger partial charge < -0.3 is 5.73 Å². The number of nitrogens with two attached hydrogens (primary N) is 1. The summed E-state index contributed by atoms with van der Waals surface area (Å²) in [4.78, 5) is 0. The fourth-order valence-corrected chi connectivity index (χ4v) is 4.56. The average Bonchev–Trinajstić information content (AvgIpc) is 2.39. The Morgan fingerprint density at radius 2 is 1.58 bits per heavy atom. The summed E-state index contributed by atoms with van der Waals surface area (Å²) in [5, 5.41) is 0. The van der Waals surface area contributed by atoms with Gasteiger partial charge in [-0.15, -0.1) is 0 Å². The van der Waals surface area contributed by atoms with Crippen LogP contribution in [-0.2, 0) is 0 Å². The normalized spacial score (nSPS) is 34.4. The van der Waals surface area contributed by atoms with E-state index in [-0.39, 0.29) is 0 Å². The van der Waals surface area contributed by atoms with Crippen LogP contribution in [0, 0.1) is 29.1 Å². The van der Waals surface area contributed by atoms with E-state index >= 15 is 0 Å². The van der Waals surface area contributed by atoms with Crippen molar-refractivity contribution in [2.24, 2.45) is 34.8 Å². The SMILES string of the molecule is CC(C)(C)C1CCC(CN)C(CC2CCCCC2)C1. The van der Waals surface area contributed by atoms with E-state index in [0.717, 1.165) is 30.2 Å². The van der Waals surface area contributed by atoms with Crippen molar-refractivity contribution in [2.75, 3.05) is 6.54 Å². The van der Waals surface area contributed by atoms with E-state index in [1.165, 1.54) is 57.8 Å². The van der Waals surface area contributed by atoms with Crippen molar-refractivity contribution in [1.29, 1.82) is 0 Å². The van der Waals surface area contributed by atoms with Gasteiger partial charge in [-0.25, -0.2) is 0 Å². The van der Waals surface area contributed by atoms with Crippen molar-refractivity contribution < 1.29 is 0 Å². The third-order valence-corrected chi connectivity index (χ3v) is 6.03. The molecule has 2 fully saturated rings. The van der Waals surface area contributed by atoms with E-state index in [1.807, 2.05) is 0 Å². The molecule has 0 aliphatic heterocycles. The molecule has 2 saturated carbocycles. The van der Waals surface area contributed by atoms with E-state index in [0.29, 0.717) is 5.41 Å². The Kier molecular flexibility index (Phi) is 5.34. The number of hydrogen-bond acceptors (Lipinski definition) is 1. The first-order chi connectivity index (χ1) is 9.00. The van der Waals surface area contributed by atoms with Crippen LogP contribution < -0.4 is 5.73 Å². The smallest absolute Gasteiger partial charge is 0.00462 e. The molecule has 0 bridgehead atoms. The van der Waals surface area contributed by atoms with Gasteiger partial charge in [-0.2, -0.15) is 0 Å². The zero-order chi connectivity index (χ0) is 13.9. The molecule has 2 N–H and O–H groups in total. The Hall–Kier alpha value is -0.0400. The summed E-state index contributed by atoms with van der Waals surface area (Å²) in [6, 6.07) is 0. The van der Waals surface area contributed by atoms with Crippen molar-refractivity contribution in [2.45, 2.75) is 78.6 Å². The summed E-state index contributed by atoms with van der Waals surface area (Å²) in [7, 11) is 0. The predicted octanol–water partition coefficient (Wildman–Crippen LogP) is 4.99. The Balaban J connectivity index is 1.93. The molecule has 1 heteroatoms. The molecule has 112 valence electrons. The molecular weight excluding hydrogens is 230 g/mol. The monoisotopic (exact) mass is 265 g/mol. The second kappa shape index (κ2) is 6.61. The first kappa shape index (κ1) is 15.4. The topological polar surface area (TPSA) is 26.0 Å². The molecular formula is C18H35N. The summed E-state index contributed by atoms with van der Waals surface area (Å²) >= 11 is 0. The van der Waals surface area contributed by atoms with Gasteiger partial charge in [-0.3, -0.25) is 0 Å². The molecule has 0 aromatic carbocycles. The lowest BCUT2D eigenvalue weighted by Gasteiger charge is -2.43. The van der Waals surface area contributed by atoms with Crippen LogP contribution in [0.25, 0.3) is 0 Å².